The van der Waals surface area contributed by atoms with E-state index in [1.54, 1.807) is 24.3 Å². The number of ether oxygens (including phenoxy) is 1. The molecular formula is C28H31N3O3. The maximum absolute atomic E-state index is 12.9. The smallest absolute Gasteiger partial charge is 0.225 e. The van der Waals surface area contributed by atoms with Gasteiger partial charge in [-0.2, -0.15) is 0 Å². The molecular weight excluding hydrogens is 426 g/mol. The van der Waals surface area contributed by atoms with Crippen LogP contribution in [0.2, 0.25) is 0 Å². The fraction of sp³-hybridized carbons (Fsp3) is 0.286. The van der Waals surface area contributed by atoms with Crippen LogP contribution < -0.4 is 10.1 Å². The summed E-state index contributed by atoms with van der Waals surface area (Å²) in [5, 5.41) is 2.94. The van der Waals surface area contributed by atoms with Crippen molar-refractivity contribution in [1.82, 2.24) is 9.80 Å². The minimum absolute atomic E-state index is 0.0768. The van der Waals surface area contributed by atoms with E-state index in [1.807, 2.05) is 60.7 Å². The summed E-state index contributed by atoms with van der Waals surface area (Å²) in [4.78, 5) is 30.2. The van der Waals surface area contributed by atoms with Gasteiger partial charge >= 0.3 is 0 Å². The lowest BCUT2D eigenvalue weighted by molar-refractivity contribution is -0.116. The molecule has 0 aliphatic carbocycles. The van der Waals surface area contributed by atoms with E-state index in [2.05, 4.69) is 15.1 Å². The maximum atomic E-state index is 12.9. The second-order valence-electron chi connectivity index (χ2n) is 8.38. The standard InChI is InChI=1S/C28H31N3O3/c32-27(29-26-14-8-7-13-25(26)28(33)23-9-3-1-4-10-23)15-16-30-17-19-31(20-18-30)21-22-34-24-11-5-2-6-12-24/h1-14H,15-22H2,(H,29,32). The van der Waals surface area contributed by atoms with E-state index in [0.717, 1.165) is 38.5 Å². The molecule has 0 saturated carbocycles. The molecule has 0 spiro atoms. The Morgan fingerprint density at radius 2 is 1.32 bits per heavy atom. The Bertz CT molecular complexity index is 1060. The highest BCUT2D eigenvalue weighted by Gasteiger charge is 2.19. The van der Waals surface area contributed by atoms with Crippen LogP contribution in [0.25, 0.3) is 0 Å². The molecule has 1 fully saturated rings. The molecule has 1 N–H and O–H groups in total. The Kier molecular flexibility index (Phi) is 8.43. The zero-order chi connectivity index (χ0) is 23.6. The third kappa shape index (κ3) is 6.76. The number of carbonyl (C=O) groups excluding carboxylic acids is 2. The number of ketones is 1. The van der Waals surface area contributed by atoms with Crippen LogP contribution in [-0.2, 0) is 4.79 Å². The average molecular weight is 458 g/mol. The maximum Gasteiger partial charge on any atom is 0.225 e. The lowest BCUT2D eigenvalue weighted by atomic mass is 10.0. The predicted molar refractivity (Wildman–Crippen MR) is 134 cm³/mol. The number of amides is 1. The molecule has 3 aromatic carbocycles. The number of carbonyl (C=O) groups is 2. The predicted octanol–water partition coefficient (Wildman–Crippen LogP) is 3.94. The first kappa shape index (κ1) is 23.7. The number of rotatable bonds is 10. The Morgan fingerprint density at radius 3 is 2.03 bits per heavy atom. The van der Waals surface area contributed by atoms with Gasteiger partial charge in [-0.3, -0.25) is 14.5 Å². The van der Waals surface area contributed by atoms with Gasteiger partial charge in [-0.25, -0.2) is 0 Å². The molecule has 1 heterocycles. The van der Waals surface area contributed by atoms with Crippen molar-refractivity contribution in [2.45, 2.75) is 6.42 Å². The number of nitrogens with zero attached hydrogens (tertiary/aromatic N) is 2. The number of anilines is 1. The summed E-state index contributed by atoms with van der Waals surface area (Å²) in [7, 11) is 0. The second kappa shape index (κ2) is 12.1. The molecule has 1 saturated heterocycles. The molecule has 3 aromatic rings. The van der Waals surface area contributed by atoms with Crippen LogP contribution in [0.3, 0.4) is 0 Å². The van der Waals surface area contributed by atoms with Crippen molar-refractivity contribution in [2.75, 3.05) is 51.2 Å². The highest BCUT2D eigenvalue weighted by Crippen LogP contribution is 2.19. The molecule has 6 heteroatoms. The summed E-state index contributed by atoms with van der Waals surface area (Å²) in [5.41, 5.74) is 1.68. The number of piperazine rings is 1. The third-order valence-electron chi connectivity index (χ3n) is 6.02. The molecule has 0 unspecified atom stereocenters. The first-order valence-electron chi connectivity index (χ1n) is 11.8. The SMILES string of the molecule is O=C(CCN1CCN(CCOc2ccccc2)CC1)Nc1ccccc1C(=O)c1ccccc1. The van der Waals surface area contributed by atoms with Crippen LogP contribution in [0.5, 0.6) is 5.75 Å². The number of hydrogen-bond donors (Lipinski definition) is 1. The zero-order valence-corrected chi connectivity index (χ0v) is 19.4. The first-order chi connectivity index (χ1) is 16.7. The van der Waals surface area contributed by atoms with Gasteiger partial charge in [0.05, 0.1) is 5.69 Å². The van der Waals surface area contributed by atoms with E-state index in [-0.39, 0.29) is 11.7 Å². The van der Waals surface area contributed by atoms with Crippen molar-refractivity contribution >= 4 is 17.4 Å². The van der Waals surface area contributed by atoms with E-state index < -0.39 is 0 Å². The number of benzene rings is 3. The molecule has 1 aliphatic heterocycles. The van der Waals surface area contributed by atoms with Gasteiger partial charge in [0, 0.05) is 56.8 Å². The third-order valence-corrected chi connectivity index (χ3v) is 6.02. The summed E-state index contributed by atoms with van der Waals surface area (Å²) in [5.74, 6) is 0.732. The van der Waals surface area contributed by atoms with Crippen LogP contribution in [0.1, 0.15) is 22.3 Å². The molecule has 1 aliphatic rings. The molecule has 0 atom stereocenters. The van der Waals surface area contributed by atoms with Crippen LogP contribution in [0, 0.1) is 0 Å². The molecule has 176 valence electrons. The summed E-state index contributed by atoms with van der Waals surface area (Å²) < 4.78 is 5.79. The summed E-state index contributed by atoms with van der Waals surface area (Å²) in [6, 6.07) is 26.2. The normalized spacial score (nSPS) is 14.5. The fourth-order valence-corrected chi connectivity index (χ4v) is 4.05. The van der Waals surface area contributed by atoms with Gasteiger partial charge < -0.3 is 15.0 Å². The Balaban J connectivity index is 1.19. The fourth-order valence-electron chi connectivity index (χ4n) is 4.05. The number of nitrogens with one attached hydrogen (secondary N) is 1. The lowest BCUT2D eigenvalue weighted by Crippen LogP contribution is -2.48. The molecule has 4 rings (SSSR count). The van der Waals surface area contributed by atoms with Gasteiger partial charge in [-0.05, 0) is 24.3 Å². The molecule has 0 aromatic heterocycles. The Hall–Kier alpha value is -3.48. The molecule has 0 radical (unpaired) electrons. The van der Waals surface area contributed by atoms with Gasteiger partial charge in [-0.1, -0.05) is 60.7 Å². The average Bonchev–Trinajstić information content (AvgIpc) is 2.89. The summed E-state index contributed by atoms with van der Waals surface area (Å²) in [6.45, 7) is 6.07. The Morgan fingerprint density at radius 1 is 0.735 bits per heavy atom. The van der Waals surface area contributed by atoms with Crippen molar-refractivity contribution in [3.8, 4) is 5.75 Å². The van der Waals surface area contributed by atoms with Crippen LogP contribution >= 0.6 is 0 Å². The topological polar surface area (TPSA) is 61.9 Å². The quantitative estimate of drug-likeness (QED) is 0.467. The molecule has 1 amide bonds. The Labute approximate surface area is 201 Å². The second-order valence-corrected chi connectivity index (χ2v) is 8.38. The molecule has 0 bridgehead atoms. The lowest BCUT2D eigenvalue weighted by Gasteiger charge is -2.34. The van der Waals surface area contributed by atoms with E-state index in [0.29, 0.717) is 36.4 Å². The van der Waals surface area contributed by atoms with Crippen LogP contribution in [0.4, 0.5) is 5.69 Å². The van der Waals surface area contributed by atoms with Crippen LogP contribution in [-0.4, -0.2) is 67.4 Å². The van der Waals surface area contributed by atoms with Crippen LogP contribution in [0.15, 0.2) is 84.9 Å². The zero-order valence-electron chi connectivity index (χ0n) is 19.4. The minimum Gasteiger partial charge on any atom is -0.492 e. The van der Waals surface area contributed by atoms with Crippen molar-refractivity contribution in [3.05, 3.63) is 96.1 Å². The van der Waals surface area contributed by atoms with Gasteiger partial charge in [0.1, 0.15) is 12.4 Å². The molecule has 34 heavy (non-hydrogen) atoms. The monoisotopic (exact) mass is 457 g/mol. The number of hydrogen-bond acceptors (Lipinski definition) is 5. The van der Waals surface area contributed by atoms with Crippen molar-refractivity contribution in [1.29, 1.82) is 0 Å². The van der Waals surface area contributed by atoms with Crippen molar-refractivity contribution in [3.63, 3.8) is 0 Å². The van der Waals surface area contributed by atoms with Crippen molar-refractivity contribution < 1.29 is 14.3 Å². The van der Waals surface area contributed by atoms with Gasteiger partial charge in [-0.15, -0.1) is 0 Å². The van der Waals surface area contributed by atoms with E-state index in [4.69, 9.17) is 4.74 Å². The van der Waals surface area contributed by atoms with E-state index in [1.165, 1.54) is 0 Å². The highest BCUT2D eigenvalue weighted by atomic mass is 16.5. The molecule has 6 nitrogen and oxygen atoms in total. The van der Waals surface area contributed by atoms with Gasteiger partial charge in [0.15, 0.2) is 5.78 Å². The van der Waals surface area contributed by atoms with Gasteiger partial charge in [0.25, 0.3) is 0 Å². The number of para-hydroxylation sites is 2. The minimum atomic E-state index is -0.0936. The van der Waals surface area contributed by atoms with E-state index in [9.17, 15) is 9.59 Å². The van der Waals surface area contributed by atoms with Gasteiger partial charge in [0.2, 0.25) is 5.91 Å². The largest absolute Gasteiger partial charge is 0.492 e. The van der Waals surface area contributed by atoms with Crippen molar-refractivity contribution in [2.24, 2.45) is 0 Å². The summed E-state index contributed by atoms with van der Waals surface area (Å²) in [6.07, 6.45) is 0.394. The highest BCUT2D eigenvalue weighted by molar-refractivity contribution is 6.13. The van der Waals surface area contributed by atoms with E-state index >= 15 is 0 Å². The first-order valence-corrected chi connectivity index (χ1v) is 11.8. The summed E-state index contributed by atoms with van der Waals surface area (Å²) >= 11 is 0.